The fourth-order valence-corrected chi connectivity index (χ4v) is 4.93. The smallest absolute Gasteiger partial charge is 0.246 e. The third-order valence-electron chi connectivity index (χ3n) is 4.47. The zero-order valence-electron chi connectivity index (χ0n) is 13.4. The van der Waals surface area contributed by atoms with Crippen molar-refractivity contribution in [2.24, 2.45) is 7.05 Å². The van der Waals surface area contributed by atoms with Crippen molar-refractivity contribution in [2.45, 2.75) is 43.0 Å². The molecule has 1 unspecified atom stereocenters. The Labute approximate surface area is 138 Å². The van der Waals surface area contributed by atoms with Crippen molar-refractivity contribution in [2.75, 3.05) is 6.54 Å². The van der Waals surface area contributed by atoms with Gasteiger partial charge in [0.1, 0.15) is 4.90 Å². The predicted molar refractivity (Wildman–Crippen MR) is 89.5 cm³/mol. The second kappa shape index (κ2) is 6.84. The van der Waals surface area contributed by atoms with Gasteiger partial charge in [0, 0.05) is 25.8 Å². The Balaban J connectivity index is 1.76. The van der Waals surface area contributed by atoms with E-state index >= 15 is 0 Å². The number of hydrogen-bond donors (Lipinski definition) is 0. The molecule has 6 heteroatoms. The van der Waals surface area contributed by atoms with E-state index in [1.807, 2.05) is 18.2 Å². The molecule has 1 fully saturated rings. The van der Waals surface area contributed by atoms with Crippen molar-refractivity contribution >= 4 is 10.0 Å². The fourth-order valence-electron chi connectivity index (χ4n) is 3.22. The second-order valence-corrected chi connectivity index (χ2v) is 8.03. The first-order chi connectivity index (χ1) is 11.1. The van der Waals surface area contributed by atoms with Crippen molar-refractivity contribution in [3.8, 4) is 0 Å². The normalized spacial score (nSPS) is 19.8. The van der Waals surface area contributed by atoms with Crippen LogP contribution in [0.2, 0.25) is 0 Å². The van der Waals surface area contributed by atoms with Crippen LogP contribution in [0.1, 0.15) is 31.2 Å². The molecule has 0 spiro atoms. The maximum absolute atomic E-state index is 12.9. The molecule has 0 aliphatic carbocycles. The predicted octanol–water partition coefficient (Wildman–Crippen LogP) is 2.60. The van der Waals surface area contributed by atoms with Gasteiger partial charge in [-0.1, -0.05) is 36.8 Å². The number of piperidine rings is 1. The summed E-state index contributed by atoms with van der Waals surface area (Å²) in [4.78, 5) is 0.298. The minimum Gasteiger partial charge on any atom is -0.274 e. The first-order valence-electron chi connectivity index (χ1n) is 8.12. The fraction of sp³-hybridized carbons (Fsp3) is 0.471. The van der Waals surface area contributed by atoms with E-state index < -0.39 is 10.0 Å². The van der Waals surface area contributed by atoms with E-state index in [1.165, 1.54) is 16.4 Å². The van der Waals surface area contributed by atoms with Gasteiger partial charge in [-0.2, -0.15) is 9.40 Å². The molecule has 0 radical (unpaired) electrons. The number of aromatic nitrogens is 2. The van der Waals surface area contributed by atoms with Crippen LogP contribution >= 0.6 is 0 Å². The van der Waals surface area contributed by atoms with Gasteiger partial charge >= 0.3 is 0 Å². The highest BCUT2D eigenvalue weighted by atomic mass is 32.2. The molecule has 0 saturated carbocycles. The SMILES string of the molecule is Cn1cc(S(=O)(=O)N2CCCCC2CCc2ccccc2)cn1. The number of benzene rings is 1. The maximum atomic E-state index is 12.9. The van der Waals surface area contributed by atoms with Gasteiger partial charge < -0.3 is 0 Å². The number of nitrogens with zero attached hydrogens (tertiary/aromatic N) is 3. The van der Waals surface area contributed by atoms with E-state index in [-0.39, 0.29) is 6.04 Å². The van der Waals surface area contributed by atoms with Crippen molar-refractivity contribution in [3.05, 3.63) is 48.3 Å². The summed E-state index contributed by atoms with van der Waals surface area (Å²) < 4.78 is 29.0. The lowest BCUT2D eigenvalue weighted by atomic mass is 9.98. The molecule has 0 N–H and O–H groups in total. The first-order valence-corrected chi connectivity index (χ1v) is 9.56. The standard InChI is InChI=1S/C17H23N3O2S/c1-19-14-17(13-18-19)23(21,22)20-12-6-5-9-16(20)11-10-15-7-3-2-4-8-15/h2-4,7-8,13-14,16H,5-6,9-12H2,1H3. The van der Waals surface area contributed by atoms with Crippen molar-refractivity contribution in [3.63, 3.8) is 0 Å². The molecule has 1 aliphatic heterocycles. The third-order valence-corrected chi connectivity index (χ3v) is 6.37. The minimum atomic E-state index is -3.44. The van der Waals surface area contributed by atoms with Crippen LogP contribution in [0.15, 0.2) is 47.6 Å². The lowest BCUT2D eigenvalue weighted by Crippen LogP contribution is -2.43. The highest BCUT2D eigenvalue weighted by Gasteiger charge is 2.33. The Morgan fingerprint density at radius 3 is 2.70 bits per heavy atom. The van der Waals surface area contributed by atoms with Crippen molar-refractivity contribution in [1.29, 1.82) is 0 Å². The average Bonchev–Trinajstić information content (AvgIpc) is 3.01. The van der Waals surface area contributed by atoms with Gasteiger partial charge in [-0.25, -0.2) is 8.42 Å². The van der Waals surface area contributed by atoms with E-state index in [4.69, 9.17) is 0 Å². The zero-order chi connectivity index (χ0) is 16.3. The Morgan fingerprint density at radius 1 is 1.22 bits per heavy atom. The molecule has 124 valence electrons. The van der Waals surface area contributed by atoms with E-state index in [9.17, 15) is 8.42 Å². The summed E-state index contributed by atoms with van der Waals surface area (Å²) in [6, 6.07) is 10.3. The van der Waals surface area contributed by atoms with Gasteiger partial charge in [0.25, 0.3) is 0 Å². The van der Waals surface area contributed by atoms with Crippen LogP contribution < -0.4 is 0 Å². The van der Waals surface area contributed by atoms with Crippen LogP contribution in [0, 0.1) is 0 Å². The lowest BCUT2D eigenvalue weighted by Gasteiger charge is -2.34. The molecule has 0 amide bonds. The highest BCUT2D eigenvalue weighted by molar-refractivity contribution is 7.89. The molecule has 3 rings (SSSR count). The van der Waals surface area contributed by atoms with E-state index in [2.05, 4.69) is 17.2 Å². The van der Waals surface area contributed by atoms with Crippen molar-refractivity contribution in [1.82, 2.24) is 14.1 Å². The van der Waals surface area contributed by atoms with Gasteiger partial charge in [-0.3, -0.25) is 4.68 Å². The van der Waals surface area contributed by atoms with E-state index in [0.29, 0.717) is 11.4 Å². The van der Waals surface area contributed by atoms with Gasteiger partial charge in [0.15, 0.2) is 0 Å². The number of hydrogen-bond acceptors (Lipinski definition) is 3. The zero-order valence-corrected chi connectivity index (χ0v) is 14.2. The van der Waals surface area contributed by atoms with Gasteiger partial charge in [0.05, 0.1) is 6.20 Å². The Hall–Kier alpha value is -1.66. The van der Waals surface area contributed by atoms with Crippen LogP contribution in [0.4, 0.5) is 0 Å². The molecule has 5 nitrogen and oxygen atoms in total. The monoisotopic (exact) mass is 333 g/mol. The van der Waals surface area contributed by atoms with Crippen LogP contribution in [0.25, 0.3) is 0 Å². The Morgan fingerprint density at radius 2 is 2.00 bits per heavy atom. The average molecular weight is 333 g/mol. The molecule has 1 saturated heterocycles. The van der Waals surface area contributed by atoms with Crippen LogP contribution in [0.3, 0.4) is 0 Å². The quantitative estimate of drug-likeness (QED) is 0.845. The summed E-state index contributed by atoms with van der Waals surface area (Å²) >= 11 is 0. The van der Waals surface area contributed by atoms with Gasteiger partial charge in [0.2, 0.25) is 10.0 Å². The summed E-state index contributed by atoms with van der Waals surface area (Å²) in [5.74, 6) is 0. The maximum Gasteiger partial charge on any atom is 0.246 e. The summed E-state index contributed by atoms with van der Waals surface area (Å²) in [6.07, 6.45) is 7.76. The molecule has 2 aromatic rings. The topological polar surface area (TPSA) is 55.2 Å². The summed E-state index contributed by atoms with van der Waals surface area (Å²) in [5.41, 5.74) is 1.26. The molecule has 23 heavy (non-hydrogen) atoms. The van der Waals surface area contributed by atoms with Crippen molar-refractivity contribution < 1.29 is 8.42 Å². The number of rotatable bonds is 5. The lowest BCUT2D eigenvalue weighted by molar-refractivity contribution is 0.241. The van der Waals surface area contributed by atoms with E-state index in [0.717, 1.165) is 32.1 Å². The highest BCUT2D eigenvalue weighted by Crippen LogP contribution is 2.27. The van der Waals surface area contributed by atoms with Crippen LogP contribution in [-0.2, 0) is 23.5 Å². The minimum absolute atomic E-state index is 0.0779. The number of sulfonamides is 1. The second-order valence-electron chi connectivity index (χ2n) is 6.14. The first kappa shape index (κ1) is 16.2. The van der Waals surface area contributed by atoms with E-state index in [1.54, 1.807) is 17.5 Å². The molecular weight excluding hydrogens is 310 g/mol. The molecular formula is C17H23N3O2S. The molecule has 1 atom stereocenters. The third kappa shape index (κ3) is 3.64. The molecule has 1 aliphatic rings. The molecule has 2 heterocycles. The Bertz CT molecular complexity index is 740. The summed E-state index contributed by atoms with van der Waals surface area (Å²) in [6.45, 7) is 0.608. The van der Waals surface area contributed by atoms with Gasteiger partial charge in [-0.05, 0) is 31.2 Å². The Kier molecular flexibility index (Phi) is 4.82. The molecule has 1 aromatic heterocycles. The van der Waals surface area contributed by atoms with Crippen LogP contribution in [-0.4, -0.2) is 35.1 Å². The molecule has 0 bridgehead atoms. The van der Waals surface area contributed by atoms with Gasteiger partial charge in [-0.15, -0.1) is 0 Å². The largest absolute Gasteiger partial charge is 0.274 e. The number of aryl methyl sites for hydroxylation is 2. The molecule has 1 aromatic carbocycles. The van der Waals surface area contributed by atoms with Crippen LogP contribution in [0.5, 0.6) is 0 Å². The summed E-state index contributed by atoms with van der Waals surface area (Å²) in [5, 5.41) is 4.01. The summed E-state index contributed by atoms with van der Waals surface area (Å²) in [7, 11) is -1.71.